The van der Waals surface area contributed by atoms with Gasteiger partial charge in [-0.3, -0.25) is 4.90 Å². The number of hydrogen-bond donors (Lipinski definition) is 2. The fourth-order valence-electron chi connectivity index (χ4n) is 2.64. The maximum Gasteiger partial charge on any atom is 0.238 e. The number of nitrogens with zero attached hydrogens (tertiary/aromatic N) is 3. The molecule has 1 atom stereocenters. The highest BCUT2D eigenvalue weighted by Gasteiger charge is 2.22. The standard InChI is InChI=1S/C15H22N4O3S/c1-2-13(20)11-18-5-7-19(8-6-18)15-9-14(23(17,21)22)4-3-12(15)10-16/h3-4,9,13,20H,2,5-8,11H2,1H3,(H2,17,21,22)/t13-/m0/s1. The van der Waals surface area contributed by atoms with Crippen molar-refractivity contribution in [3.63, 3.8) is 0 Å². The van der Waals surface area contributed by atoms with Crippen LogP contribution < -0.4 is 10.0 Å². The van der Waals surface area contributed by atoms with E-state index < -0.39 is 10.0 Å². The molecular formula is C15H22N4O3S. The van der Waals surface area contributed by atoms with Crippen molar-refractivity contribution in [3.8, 4) is 6.07 Å². The number of nitriles is 1. The van der Waals surface area contributed by atoms with Gasteiger partial charge in [0.05, 0.1) is 22.3 Å². The normalized spacial score (nSPS) is 17.7. The first-order valence-electron chi connectivity index (χ1n) is 7.57. The van der Waals surface area contributed by atoms with Crippen molar-refractivity contribution in [2.24, 2.45) is 5.14 Å². The van der Waals surface area contributed by atoms with E-state index in [1.807, 2.05) is 11.8 Å². The molecule has 2 rings (SSSR count). The van der Waals surface area contributed by atoms with Gasteiger partial charge in [0.25, 0.3) is 0 Å². The quantitative estimate of drug-likeness (QED) is 0.788. The van der Waals surface area contributed by atoms with Gasteiger partial charge in [-0.15, -0.1) is 0 Å². The summed E-state index contributed by atoms with van der Waals surface area (Å²) in [6, 6.07) is 6.40. The van der Waals surface area contributed by atoms with Crippen LogP contribution in [-0.2, 0) is 10.0 Å². The molecule has 0 unspecified atom stereocenters. The molecule has 1 aliphatic rings. The van der Waals surface area contributed by atoms with Gasteiger partial charge in [0.2, 0.25) is 10.0 Å². The molecule has 7 nitrogen and oxygen atoms in total. The van der Waals surface area contributed by atoms with Gasteiger partial charge in [0.1, 0.15) is 6.07 Å². The summed E-state index contributed by atoms with van der Waals surface area (Å²) in [6.45, 7) is 5.41. The van der Waals surface area contributed by atoms with Crippen LogP contribution in [0.15, 0.2) is 23.1 Å². The zero-order valence-corrected chi connectivity index (χ0v) is 14.0. The minimum atomic E-state index is -3.80. The number of sulfonamides is 1. The van der Waals surface area contributed by atoms with Crippen molar-refractivity contribution < 1.29 is 13.5 Å². The number of hydrogen-bond acceptors (Lipinski definition) is 6. The summed E-state index contributed by atoms with van der Waals surface area (Å²) in [5.41, 5.74) is 1.02. The van der Waals surface area contributed by atoms with Crippen molar-refractivity contribution in [1.29, 1.82) is 5.26 Å². The Hall–Kier alpha value is -1.66. The molecule has 0 aromatic heterocycles. The number of benzene rings is 1. The van der Waals surface area contributed by atoms with Crippen molar-refractivity contribution >= 4 is 15.7 Å². The van der Waals surface area contributed by atoms with Gasteiger partial charge < -0.3 is 10.0 Å². The predicted molar refractivity (Wildman–Crippen MR) is 87.5 cm³/mol. The third-order valence-electron chi connectivity index (χ3n) is 4.07. The second-order valence-electron chi connectivity index (χ2n) is 5.69. The Kier molecular flexibility index (Phi) is 5.59. The summed E-state index contributed by atoms with van der Waals surface area (Å²) < 4.78 is 23.0. The van der Waals surface area contributed by atoms with Gasteiger partial charge in [-0.1, -0.05) is 6.92 Å². The molecule has 0 saturated carbocycles. The molecule has 0 aliphatic carbocycles. The van der Waals surface area contributed by atoms with E-state index in [0.717, 1.165) is 19.5 Å². The highest BCUT2D eigenvalue weighted by atomic mass is 32.2. The first kappa shape index (κ1) is 17.7. The SMILES string of the molecule is CC[C@H](O)CN1CCN(c2cc(S(N)(=O)=O)ccc2C#N)CC1. The number of β-amino-alcohol motifs (C(OH)–C–C–N with tert-alkyl or cyclic N) is 1. The summed E-state index contributed by atoms with van der Waals surface area (Å²) in [6.07, 6.45) is 0.386. The number of aliphatic hydroxyl groups excluding tert-OH is 1. The minimum absolute atomic E-state index is 0.00957. The monoisotopic (exact) mass is 338 g/mol. The van der Waals surface area contributed by atoms with E-state index in [9.17, 15) is 18.8 Å². The Morgan fingerprint density at radius 3 is 2.52 bits per heavy atom. The molecule has 1 aromatic rings. The highest BCUT2D eigenvalue weighted by molar-refractivity contribution is 7.89. The van der Waals surface area contributed by atoms with Gasteiger partial charge in [0.15, 0.2) is 0 Å². The van der Waals surface area contributed by atoms with Crippen LogP contribution in [0, 0.1) is 11.3 Å². The minimum Gasteiger partial charge on any atom is -0.392 e. The molecule has 0 spiro atoms. The van der Waals surface area contributed by atoms with Crippen LogP contribution in [-0.4, -0.2) is 57.3 Å². The molecule has 0 bridgehead atoms. The first-order valence-corrected chi connectivity index (χ1v) is 9.12. The summed E-state index contributed by atoms with van der Waals surface area (Å²) in [5.74, 6) is 0. The Balaban J connectivity index is 2.15. The molecule has 23 heavy (non-hydrogen) atoms. The number of anilines is 1. The van der Waals surface area contributed by atoms with Crippen LogP contribution in [0.4, 0.5) is 5.69 Å². The molecule has 8 heteroatoms. The molecule has 3 N–H and O–H groups in total. The lowest BCUT2D eigenvalue weighted by atomic mass is 10.1. The molecule has 1 saturated heterocycles. The molecule has 0 amide bonds. The lowest BCUT2D eigenvalue weighted by Gasteiger charge is -2.37. The van der Waals surface area contributed by atoms with E-state index in [2.05, 4.69) is 11.0 Å². The van der Waals surface area contributed by atoms with Crippen LogP contribution in [0.2, 0.25) is 0 Å². The lowest BCUT2D eigenvalue weighted by Crippen LogP contribution is -2.48. The summed E-state index contributed by atoms with van der Waals surface area (Å²) in [5, 5.41) is 24.1. The number of primary sulfonamides is 1. The van der Waals surface area contributed by atoms with Crippen molar-refractivity contribution in [1.82, 2.24) is 4.90 Å². The summed E-state index contributed by atoms with van der Waals surface area (Å²) >= 11 is 0. The lowest BCUT2D eigenvalue weighted by molar-refractivity contribution is 0.106. The zero-order valence-electron chi connectivity index (χ0n) is 13.1. The van der Waals surface area contributed by atoms with E-state index in [4.69, 9.17) is 5.14 Å². The second-order valence-corrected chi connectivity index (χ2v) is 7.25. The van der Waals surface area contributed by atoms with Crippen LogP contribution in [0.5, 0.6) is 0 Å². The maximum atomic E-state index is 11.5. The van der Waals surface area contributed by atoms with Crippen molar-refractivity contribution in [2.75, 3.05) is 37.6 Å². The fourth-order valence-corrected chi connectivity index (χ4v) is 3.18. The Labute approximate surface area is 137 Å². The largest absolute Gasteiger partial charge is 0.392 e. The number of aliphatic hydroxyl groups is 1. The Morgan fingerprint density at radius 2 is 2.00 bits per heavy atom. The van der Waals surface area contributed by atoms with Crippen molar-refractivity contribution in [3.05, 3.63) is 23.8 Å². The number of nitrogens with two attached hydrogens (primary N) is 1. The second kappa shape index (κ2) is 7.27. The summed E-state index contributed by atoms with van der Waals surface area (Å²) in [7, 11) is -3.80. The van der Waals surface area contributed by atoms with E-state index >= 15 is 0 Å². The third kappa shape index (κ3) is 4.42. The van der Waals surface area contributed by atoms with Gasteiger partial charge in [0, 0.05) is 32.7 Å². The molecular weight excluding hydrogens is 316 g/mol. The van der Waals surface area contributed by atoms with E-state index in [0.29, 0.717) is 30.9 Å². The topological polar surface area (TPSA) is 111 Å². The van der Waals surface area contributed by atoms with Gasteiger partial charge >= 0.3 is 0 Å². The van der Waals surface area contributed by atoms with E-state index in [1.165, 1.54) is 18.2 Å². The smallest absolute Gasteiger partial charge is 0.238 e. The van der Waals surface area contributed by atoms with Gasteiger partial charge in [-0.25, -0.2) is 13.6 Å². The average molecular weight is 338 g/mol. The van der Waals surface area contributed by atoms with Crippen LogP contribution in [0.3, 0.4) is 0 Å². The Bertz CT molecular complexity index is 691. The highest BCUT2D eigenvalue weighted by Crippen LogP contribution is 2.25. The molecule has 1 aromatic carbocycles. The van der Waals surface area contributed by atoms with Crippen LogP contribution in [0.1, 0.15) is 18.9 Å². The average Bonchev–Trinajstić information content (AvgIpc) is 2.54. The zero-order chi connectivity index (χ0) is 17.0. The summed E-state index contributed by atoms with van der Waals surface area (Å²) in [4.78, 5) is 4.16. The maximum absolute atomic E-state index is 11.5. The van der Waals surface area contributed by atoms with Crippen LogP contribution >= 0.6 is 0 Å². The number of piperazine rings is 1. The van der Waals surface area contributed by atoms with E-state index in [1.54, 1.807) is 0 Å². The Morgan fingerprint density at radius 1 is 1.35 bits per heavy atom. The van der Waals surface area contributed by atoms with E-state index in [-0.39, 0.29) is 11.0 Å². The molecule has 1 aliphatic heterocycles. The predicted octanol–water partition coefficient (Wildman–Crippen LogP) is 0.0986. The van der Waals surface area contributed by atoms with Crippen molar-refractivity contribution in [2.45, 2.75) is 24.3 Å². The molecule has 1 heterocycles. The molecule has 126 valence electrons. The molecule has 1 fully saturated rings. The van der Waals surface area contributed by atoms with Crippen LogP contribution in [0.25, 0.3) is 0 Å². The molecule has 0 radical (unpaired) electrons. The number of rotatable bonds is 5. The first-order chi connectivity index (χ1) is 10.8. The fraction of sp³-hybridized carbons (Fsp3) is 0.533. The third-order valence-corrected chi connectivity index (χ3v) is 4.98. The van der Waals surface area contributed by atoms with Gasteiger partial charge in [-0.05, 0) is 24.6 Å². The van der Waals surface area contributed by atoms with Gasteiger partial charge in [-0.2, -0.15) is 5.26 Å².